The van der Waals surface area contributed by atoms with Crippen LogP contribution in [0.2, 0.25) is 0 Å². The fourth-order valence-electron chi connectivity index (χ4n) is 0.299. The Hall–Kier alpha value is -1.02. The van der Waals surface area contributed by atoms with Gasteiger partial charge in [-0.25, -0.2) is 0 Å². The summed E-state index contributed by atoms with van der Waals surface area (Å²) in [6, 6.07) is 0. The number of halogens is 7. The third-order valence-electron chi connectivity index (χ3n) is 0.663. The quantitative estimate of drug-likeness (QED) is 0.361. The van der Waals surface area contributed by atoms with Gasteiger partial charge in [-0.1, -0.05) is 0 Å². The molecule has 0 bridgehead atoms. The molecule has 0 aliphatic rings. The first-order chi connectivity index (χ1) is 5.19. The van der Waals surface area contributed by atoms with E-state index in [1.807, 2.05) is 5.04 Å². The molecule has 0 amide bonds. The lowest BCUT2D eigenvalue weighted by Gasteiger charge is -2.10. The lowest BCUT2D eigenvalue weighted by Crippen LogP contribution is -2.37. The highest BCUT2D eigenvalue weighted by Gasteiger charge is 2.54. The Morgan fingerprint density at radius 2 is 1.25 bits per heavy atom. The third-order valence-corrected chi connectivity index (χ3v) is 0.663. The fourth-order valence-corrected chi connectivity index (χ4v) is 0.299. The van der Waals surface area contributed by atoms with Crippen molar-refractivity contribution in [1.29, 1.82) is 0 Å². The number of nitrogens with zero attached hydrogens (tertiary/aromatic N) is 1. The Kier molecular flexibility index (Phi) is 2.88. The Balaban J connectivity index is 4.83. The molecule has 0 aliphatic carbocycles. The van der Waals surface area contributed by atoms with E-state index in [-0.39, 0.29) is 0 Å². The van der Waals surface area contributed by atoms with Gasteiger partial charge in [0.2, 0.25) is 0 Å². The van der Waals surface area contributed by atoms with Gasteiger partial charge in [0.1, 0.15) is 0 Å². The van der Waals surface area contributed by atoms with Crippen LogP contribution in [0.3, 0.4) is 0 Å². The van der Waals surface area contributed by atoms with E-state index in [0.717, 1.165) is 0 Å². The molecule has 0 N–H and O–H groups in total. The second-order valence-electron chi connectivity index (χ2n) is 1.50. The van der Waals surface area contributed by atoms with Crippen molar-refractivity contribution in [2.24, 2.45) is 5.16 Å². The van der Waals surface area contributed by atoms with Crippen molar-refractivity contribution in [3.8, 4) is 0 Å². The molecule has 0 saturated carbocycles. The first kappa shape index (κ1) is 11.0. The number of rotatable bonds is 1. The number of hydrogen-bond donors (Lipinski definition) is 0. The minimum absolute atomic E-state index is 1.17. The van der Waals surface area contributed by atoms with Gasteiger partial charge in [0.25, 0.3) is 5.71 Å². The Labute approximate surface area is 60.5 Å². The van der Waals surface area contributed by atoms with Crippen molar-refractivity contribution in [2.75, 3.05) is 0 Å². The molecule has 0 aromatic carbocycles. The lowest BCUT2D eigenvalue weighted by molar-refractivity contribution is -0.157. The standard InChI is InChI=1S/C3F7NO/c4-2(5,6)1(11-12-10)3(7,8)9. The van der Waals surface area contributed by atoms with E-state index in [1.54, 1.807) is 0 Å². The van der Waals surface area contributed by atoms with Crippen molar-refractivity contribution in [3.05, 3.63) is 0 Å². The highest BCUT2D eigenvalue weighted by atomic mass is 19.4. The molecule has 9 heteroatoms. The van der Waals surface area contributed by atoms with Crippen LogP contribution in [-0.2, 0) is 5.04 Å². The Morgan fingerprint density at radius 1 is 0.917 bits per heavy atom. The van der Waals surface area contributed by atoms with Crippen molar-refractivity contribution in [1.82, 2.24) is 0 Å². The maximum Gasteiger partial charge on any atom is 0.441 e. The van der Waals surface area contributed by atoms with E-state index >= 15 is 0 Å². The summed E-state index contributed by atoms with van der Waals surface area (Å²) in [4.78, 5) is 0. The van der Waals surface area contributed by atoms with Crippen LogP contribution in [0.4, 0.5) is 30.9 Å². The predicted octanol–water partition coefficient (Wildman–Crippen LogP) is 2.37. The van der Waals surface area contributed by atoms with E-state index in [4.69, 9.17) is 0 Å². The third kappa shape index (κ3) is 2.93. The first-order valence-corrected chi connectivity index (χ1v) is 2.19. The summed E-state index contributed by atoms with van der Waals surface area (Å²) in [5, 5.41) is 3.07. The SMILES string of the molecule is FON=C(C(F)(F)F)C(F)(F)F. The van der Waals surface area contributed by atoms with E-state index < -0.39 is 18.1 Å². The Morgan fingerprint density at radius 3 is 1.33 bits per heavy atom. The van der Waals surface area contributed by atoms with E-state index in [2.05, 4.69) is 0 Å². The van der Waals surface area contributed by atoms with Crippen LogP contribution in [0, 0.1) is 0 Å². The van der Waals surface area contributed by atoms with Gasteiger partial charge < -0.3 is 0 Å². The molecule has 0 unspecified atom stereocenters. The zero-order valence-corrected chi connectivity index (χ0v) is 5.00. The van der Waals surface area contributed by atoms with Gasteiger partial charge in [-0.2, -0.15) is 31.4 Å². The summed E-state index contributed by atoms with van der Waals surface area (Å²) in [7, 11) is 0. The van der Waals surface area contributed by atoms with Crippen molar-refractivity contribution in [3.63, 3.8) is 0 Å². The predicted molar refractivity (Wildman–Crippen MR) is 21.7 cm³/mol. The molecule has 0 atom stereocenters. The second kappa shape index (κ2) is 3.15. The van der Waals surface area contributed by atoms with Gasteiger partial charge >= 0.3 is 12.4 Å². The summed E-state index contributed by atoms with van der Waals surface area (Å²) in [5.74, 6) is 0. The average Bonchev–Trinajstić information content (AvgIpc) is 1.77. The number of hydrogen-bond acceptors (Lipinski definition) is 2. The minimum Gasteiger partial charge on any atom is -0.173 e. The van der Waals surface area contributed by atoms with Gasteiger partial charge in [-0.05, 0) is 5.16 Å². The van der Waals surface area contributed by atoms with Crippen molar-refractivity contribution < 1.29 is 35.9 Å². The van der Waals surface area contributed by atoms with Crippen molar-refractivity contribution >= 4 is 5.71 Å². The van der Waals surface area contributed by atoms with Crippen LogP contribution in [0.25, 0.3) is 0 Å². The molecule has 0 aliphatic heterocycles. The van der Waals surface area contributed by atoms with Gasteiger partial charge in [-0.3, -0.25) is 0 Å². The molecule has 0 aromatic rings. The summed E-state index contributed by atoms with van der Waals surface area (Å²) < 4.78 is 78.4. The van der Waals surface area contributed by atoms with Gasteiger partial charge in [0.15, 0.2) is 0 Å². The zero-order chi connectivity index (χ0) is 9.99. The Bertz CT molecular complexity index is 162. The van der Waals surface area contributed by atoms with Crippen LogP contribution in [0.15, 0.2) is 5.16 Å². The maximum atomic E-state index is 11.3. The van der Waals surface area contributed by atoms with Gasteiger partial charge in [-0.15, -0.1) is 0 Å². The monoisotopic (exact) mass is 199 g/mol. The second-order valence-corrected chi connectivity index (χ2v) is 1.50. The normalized spacial score (nSPS) is 12.6. The molecule has 12 heavy (non-hydrogen) atoms. The zero-order valence-electron chi connectivity index (χ0n) is 5.00. The molecule has 2 nitrogen and oxygen atoms in total. The topological polar surface area (TPSA) is 21.6 Å². The van der Waals surface area contributed by atoms with Crippen LogP contribution in [0.5, 0.6) is 0 Å². The smallest absolute Gasteiger partial charge is 0.173 e. The summed E-state index contributed by atoms with van der Waals surface area (Å²) in [5.41, 5.74) is -3.28. The largest absolute Gasteiger partial charge is 0.441 e. The van der Waals surface area contributed by atoms with E-state index in [1.165, 1.54) is 5.16 Å². The summed E-state index contributed by atoms with van der Waals surface area (Å²) >= 11 is 0. The van der Waals surface area contributed by atoms with Crippen LogP contribution in [-0.4, -0.2) is 18.1 Å². The van der Waals surface area contributed by atoms with Gasteiger partial charge in [0, 0.05) is 4.53 Å². The summed E-state index contributed by atoms with van der Waals surface area (Å²) in [6.45, 7) is 0. The van der Waals surface area contributed by atoms with Crippen LogP contribution < -0.4 is 0 Å². The molecule has 72 valence electrons. The first-order valence-electron chi connectivity index (χ1n) is 2.19. The molecule has 0 radical (unpaired) electrons. The van der Waals surface area contributed by atoms with E-state index in [9.17, 15) is 30.9 Å². The lowest BCUT2D eigenvalue weighted by atomic mass is 10.3. The number of alkyl halides is 6. The maximum absolute atomic E-state index is 11.3. The van der Waals surface area contributed by atoms with E-state index in [0.29, 0.717) is 0 Å². The van der Waals surface area contributed by atoms with Crippen LogP contribution in [0.1, 0.15) is 0 Å². The molecule has 0 spiro atoms. The van der Waals surface area contributed by atoms with Crippen molar-refractivity contribution in [2.45, 2.75) is 12.4 Å². The molecular weight excluding hydrogens is 199 g/mol. The highest BCUT2D eigenvalue weighted by molar-refractivity contribution is 5.94. The molecular formula is C3F7NO. The molecule has 0 aromatic heterocycles. The van der Waals surface area contributed by atoms with Gasteiger partial charge in [0.05, 0.1) is 0 Å². The summed E-state index contributed by atoms with van der Waals surface area (Å²) in [6.07, 6.45) is -11.6. The molecule has 0 rings (SSSR count). The molecule has 0 heterocycles. The molecule has 0 saturated heterocycles. The fraction of sp³-hybridized carbons (Fsp3) is 0.667. The van der Waals surface area contributed by atoms with Crippen LogP contribution >= 0.6 is 0 Å². The minimum atomic E-state index is -5.79. The highest BCUT2D eigenvalue weighted by Crippen LogP contribution is 2.30. The number of oxime groups is 1. The molecule has 0 fully saturated rings. The average molecular weight is 199 g/mol.